The lowest BCUT2D eigenvalue weighted by Gasteiger charge is -2.14. The first-order chi connectivity index (χ1) is 12.1. The summed E-state index contributed by atoms with van der Waals surface area (Å²) in [6, 6.07) is 8.01. The Kier molecular flexibility index (Phi) is 6.14. The highest BCUT2D eigenvalue weighted by molar-refractivity contribution is 7.87. The Bertz CT molecular complexity index is 863. The van der Waals surface area contributed by atoms with Gasteiger partial charge in [-0.25, -0.2) is 0 Å². The molecule has 0 saturated heterocycles. The second-order valence-corrected chi connectivity index (χ2v) is 6.85. The quantitative estimate of drug-likeness (QED) is 0.532. The summed E-state index contributed by atoms with van der Waals surface area (Å²) in [6.07, 6.45) is -4.74. The largest absolute Gasteiger partial charge is 0.491 e. The smallest absolute Gasteiger partial charge is 0.420 e. The van der Waals surface area contributed by atoms with E-state index in [-0.39, 0.29) is 11.5 Å². The maximum absolute atomic E-state index is 13.0. The van der Waals surface area contributed by atoms with Crippen LogP contribution in [0.5, 0.6) is 11.5 Å². The van der Waals surface area contributed by atoms with E-state index in [1.807, 2.05) is 0 Å². The molecule has 142 valence electrons. The molecule has 0 amide bonds. The van der Waals surface area contributed by atoms with Gasteiger partial charge in [0, 0.05) is 7.11 Å². The summed E-state index contributed by atoms with van der Waals surface area (Å²) in [5.41, 5.74) is -0.672. The molecule has 0 unspecified atom stereocenters. The van der Waals surface area contributed by atoms with Crippen LogP contribution in [0.2, 0.25) is 0 Å². The SMILES string of the molecule is COCCOc1ccc(S(=O)(=O)Oc2ccccc2C(F)(F)F)cc1C. The van der Waals surface area contributed by atoms with E-state index in [0.29, 0.717) is 17.9 Å². The zero-order valence-corrected chi connectivity index (χ0v) is 14.9. The van der Waals surface area contributed by atoms with E-state index >= 15 is 0 Å². The van der Waals surface area contributed by atoms with Crippen LogP contribution in [0.1, 0.15) is 11.1 Å². The maximum atomic E-state index is 13.0. The van der Waals surface area contributed by atoms with E-state index < -0.39 is 27.6 Å². The Labute approximate surface area is 149 Å². The van der Waals surface area contributed by atoms with E-state index in [0.717, 1.165) is 18.2 Å². The van der Waals surface area contributed by atoms with Gasteiger partial charge in [-0.2, -0.15) is 21.6 Å². The van der Waals surface area contributed by atoms with Crippen molar-refractivity contribution in [2.45, 2.75) is 18.0 Å². The van der Waals surface area contributed by atoms with E-state index in [1.54, 1.807) is 6.92 Å². The van der Waals surface area contributed by atoms with Crippen LogP contribution in [0.25, 0.3) is 0 Å². The van der Waals surface area contributed by atoms with Gasteiger partial charge in [-0.15, -0.1) is 0 Å². The molecule has 0 N–H and O–H groups in total. The third kappa shape index (κ3) is 4.89. The summed E-state index contributed by atoms with van der Waals surface area (Å²) in [4.78, 5) is -0.272. The number of alkyl halides is 3. The Morgan fingerprint density at radius 2 is 1.69 bits per heavy atom. The molecule has 2 rings (SSSR count). The van der Waals surface area contributed by atoms with Crippen molar-refractivity contribution in [2.24, 2.45) is 0 Å². The average Bonchev–Trinajstić information content (AvgIpc) is 2.55. The molecule has 0 atom stereocenters. The highest BCUT2D eigenvalue weighted by Crippen LogP contribution is 2.37. The molecule has 0 radical (unpaired) electrons. The minimum absolute atomic E-state index is 0.272. The second kappa shape index (κ2) is 7.96. The molecule has 0 spiro atoms. The van der Waals surface area contributed by atoms with Gasteiger partial charge in [0.15, 0.2) is 5.75 Å². The lowest BCUT2D eigenvalue weighted by atomic mass is 10.2. The van der Waals surface area contributed by atoms with Crippen molar-refractivity contribution in [1.29, 1.82) is 0 Å². The number of hydrogen-bond acceptors (Lipinski definition) is 5. The zero-order valence-electron chi connectivity index (χ0n) is 14.0. The van der Waals surface area contributed by atoms with E-state index in [2.05, 4.69) is 0 Å². The number of hydrogen-bond donors (Lipinski definition) is 0. The highest BCUT2D eigenvalue weighted by atomic mass is 32.2. The number of halogens is 3. The summed E-state index contributed by atoms with van der Waals surface area (Å²) in [7, 11) is -2.92. The monoisotopic (exact) mass is 390 g/mol. The third-order valence-electron chi connectivity index (χ3n) is 3.37. The molecular weight excluding hydrogens is 373 g/mol. The van der Waals surface area contributed by atoms with Gasteiger partial charge in [0.25, 0.3) is 0 Å². The summed E-state index contributed by atoms with van der Waals surface area (Å²) in [5.74, 6) is -0.338. The van der Waals surface area contributed by atoms with Crippen molar-refractivity contribution in [3.63, 3.8) is 0 Å². The van der Waals surface area contributed by atoms with E-state index in [4.69, 9.17) is 13.7 Å². The molecule has 2 aromatic carbocycles. The molecule has 2 aromatic rings. The minimum Gasteiger partial charge on any atom is -0.491 e. The fraction of sp³-hybridized carbons (Fsp3) is 0.294. The topological polar surface area (TPSA) is 61.8 Å². The molecular formula is C17H17F3O5S. The van der Waals surface area contributed by atoms with Crippen LogP contribution in [0.4, 0.5) is 13.2 Å². The average molecular weight is 390 g/mol. The second-order valence-electron chi connectivity index (χ2n) is 5.30. The number of rotatable bonds is 7. The molecule has 0 saturated carbocycles. The van der Waals surface area contributed by atoms with Gasteiger partial charge in [0.05, 0.1) is 12.2 Å². The minimum atomic E-state index is -4.74. The summed E-state index contributed by atoms with van der Waals surface area (Å²) in [5, 5.41) is 0. The Hall–Kier alpha value is -2.26. The Morgan fingerprint density at radius 3 is 2.31 bits per heavy atom. The molecule has 9 heteroatoms. The van der Waals surface area contributed by atoms with Gasteiger partial charge in [-0.3, -0.25) is 0 Å². The molecule has 5 nitrogen and oxygen atoms in total. The van der Waals surface area contributed by atoms with Crippen LogP contribution in [0.3, 0.4) is 0 Å². The highest BCUT2D eigenvalue weighted by Gasteiger charge is 2.35. The van der Waals surface area contributed by atoms with Gasteiger partial charge < -0.3 is 13.7 Å². The first kappa shape index (κ1) is 20.1. The fourth-order valence-electron chi connectivity index (χ4n) is 2.11. The predicted octanol–water partition coefficient (Wildman–Crippen LogP) is 3.81. The number of methoxy groups -OCH3 is 1. The van der Waals surface area contributed by atoms with Crippen LogP contribution < -0.4 is 8.92 Å². The molecule has 0 aromatic heterocycles. The van der Waals surface area contributed by atoms with Gasteiger partial charge in [0.2, 0.25) is 0 Å². The maximum Gasteiger partial charge on any atom is 0.420 e. The Morgan fingerprint density at radius 1 is 1.00 bits per heavy atom. The standard InChI is InChI=1S/C17H17F3O5S/c1-12-11-13(7-8-15(12)24-10-9-23-2)26(21,22)25-16-6-4-3-5-14(16)17(18,19)20/h3-8,11H,9-10H2,1-2H3. The van der Waals surface area contributed by atoms with E-state index in [1.165, 1.54) is 31.4 Å². The van der Waals surface area contributed by atoms with Crippen molar-refractivity contribution in [3.05, 3.63) is 53.6 Å². The normalized spacial score (nSPS) is 12.0. The number of para-hydroxylation sites is 1. The molecule has 0 aliphatic carbocycles. The predicted molar refractivity (Wildman–Crippen MR) is 87.8 cm³/mol. The number of ether oxygens (including phenoxy) is 2. The molecule has 0 fully saturated rings. The van der Waals surface area contributed by atoms with Gasteiger partial charge in [-0.05, 0) is 42.8 Å². The third-order valence-corrected chi connectivity index (χ3v) is 4.60. The number of aryl methyl sites for hydroxylation is 1. The van der Waals surface area contributed by atoms with Crippen molar-refractivity contribution >= 4 is 10.1 Å². The first-order valence-electron chi connectivity index (χ1n) is 7.48. The van der Waals surface area contributed by atoms with Crippen LogP contribution in [0.15, 0.2) is 47.4 Å². The summed E-state index contributed by atoms with van der Waals surface area (Å²) >= 11 is 0. The molecule has 0 bridgehead atoms. The number of benzene rings is 2. The lowest BCUT2D eigenvalue weighted by molar-refractivity contribution is -0.138. The van der Waals surface area contributed by atoms with Gasteiger partial charge in [-0.1, -0.05) is 12.1 Å². The van der Waals surface area contributed by atoms with Crippen LogP contribution in [-0.4, -0.2) is 28.7 Å². The van der Waals surface area contributed by atoms with Gasteiger partial charge >= 0.3 is 16.3 Å². The van der Waals surface area contributed by atoms with Crippen molar-refractivity contribution < 1.29 is 35.2 Å². The van der Waals surface area contributed by atoms with Crippen LogP contribution >= 0.6 is 0 Å². The summed E-state index contributed by atoms with van der Waals surface area (Å²) in [6.45, 7) is 2.25. The van der Waals surface area contributed by atoms with Crippen molar-refractivity contribution in [3.8, 4) is 11.5 Å². The summed E-state index contributed by atoms with van der Waals surface area (Å²) < 4.78 is 78.7. The van der Waals surface area contributed by atoms with Gasteiger partial charge in [0.1, 0.15) is 17.3 Å². The molecule has 26 heavy (non-hydrogen) atoms. The van der Waals surface area contributed by atoms with Crippen LogP contribution in [-0.2, 0) is 21.0 Å². The molecule has 0 aliphatic rings. The fourth-order valence-corrected chi connectivity index (χ4v) is 3.15. The first-order valence-corrected chi connectivity index (χ1v) is 8.89. The van der Waals surface area contributed by atoms with Crippen molar-refractivity contribution in [2.75, 3.05) is 20.3 Å². The lowest BCUT2D eigenvalue weighted by Crippen LogP contribution is -2.14. The van der Waals surface area contributed by atoms with E-state index in [9.17, 15) is 21.6 Å². The molecule has 0 aliphatic heterocycles. The van der Waals surface area contributed by atoms with Crippen molar-refractivity contribution in [1.82, 2.24) is 0 Å². The Balaban J connectivity index is 2.28. The van der Waals surface area contributed by atoms with Crippen LogP contribution in [0, 0.1) is 6.92 Å². The molecule has 0 heterocycles. The zero-order chi connectivity index (χ0) is 19.4.